The van der Waals surface area contributed by atoms with Crippen LogP contribution < -0.4 is 5.32 Å². The zero-order valence-corrected chi connectivity index (χ0v) is 9.82. The molecular formula is C12H19NO4. The van der Waals surface area contributed by atoms with Gasteiger partial charge in [0.2, 0.25) is 5.91 Å². The molecule has 2 saturated carbocycles. The lowest BCUT2D eigenvalue weighted by molar-refractivity contribution is -0.140. The first-order chi connectivity index (χ1) is 8.08. The standard InChI is InChI=1S/C12H19NO4/c14-7-12(4-2-1-3-5-12)13-10(15)8-6-9(8)11(16)17/h8-9,14H,1-7H2,(H,13,15)(H,16,17). The molecule has 3 N–H and O–H groups in total. The van der Waals surface area contributed by atoms with E-state index in [4.69, 9.17) is 5.11 Å². The Labute approximate surface area is 100 Å². The topological polar surface area (TPSA) is 86.6 Å². The minimum Gasteiger partial charge on any atom is -0.481 e. The number of nitrogens with one attached hydrogen (secondary N) is 1. The molecule has 2 aliphatic rings. The van der Waals surface area contributed by atoms with E-state index in [2.05, 4.69) is 5.32 Å². The number of carboxylic acids is 1. The zero-order chi connectivity index (χ0) is 12.5. The van der Waals surface area contributed by atoms with E-state index in [1.54, 1.807) is 0 Å². The Kier molecular flexibility index (Phi) is 3.38. The predicted octanol–water partition coefficient (Wildman–Crippen LogP) is 0.518. The van der Waals surface area contributed by atoms with Gasteiger partial charge in [0.1, 0.15) is 0 Å². The van der Waals surface area contributed by atoms with Crippen molar-refractivity contribution in [3.63, 3.8) is 0 Å². The summed E-state index contributed by atoms with van der Waals surface area (Å²) in [6.07, 6.45) is 5.17. The molecule has 5 nitrogen and oxygen atoms in total. The SMILES string of the molecule is O=C(O)C1CC1C(=O)NC1(CO)CCCCC1. The highest BCUT2D eigenvalue weighted by Crippen LogP contribution is 2.40. The fraction of sp³-hybridized carbons (Fsp3) is 0.833. The van der Waals surface area contributed by atoms with Crippen LogP contribution >= 0.6 is 0 Å². The number of amides is 1. The molecule has 0 radical (unpaired) electrons. The van der Waals surface area contributed by atoms with Crippen LogP contribution in [0.2, 0.25) is 0 Å². The zero-order valence-electron chi connectivity index (χ0n) is 9.82. The molecule has 2 fully saturated rings. The van der Waals surface area contributed by atoms with Gasteiger partial charge in [-0.3, -0.25) is 9.59 Å². The molecule has 0 saturated heterocycles. The molecule has 0 heterocycles. The highest BCUT2D eigenvalue weighted by molar-refractivity contribution is 5.89. The van der Waals surface area contributed by atoms with Gasteiger partial charge in [0.05, 0.1) is 24.0 Å². The highest BCUT2D eigenvalue weighted by atomic mass is 16.4. The van der Waals surface area contributed by atoms with Gasteiger partial charge in [0.25, 0.3) is 0 Å². The van der Waals surface area contributed by atoms with E-state index in [9.17, 15) is 14.7 Å². The minimum absolute atomic E-state index is 0.0524. The van der Waals surface area contributed by atoms with Crippen molar-refractivity contribution < 1.29 is 19.8 Å². The van der Waals surface area contributed by atoms with Crippen LogP contribution in [0.4, 0.5) is 0 Å². The molecule has 96 valence electrons. The van der Waals surface area contributed by atoms with Gasteiger partial charge in [0.15, 0.2) is 0 Å². The maximum atomic E-state index is 11.9. The molecule has 0 aromatic heterocycles. The average Bonchev–Trinajstić information content (AvgIpc) is 3.10. The summed E-state index contributed by atoms with van der Waals surface area (Å²) in [5.74, 6) is -2.01. The molecule has 0 spiro atoms. The third kappa shape index (κ3) is 2.60. The number of aliphatic carboxylic acids is 1. The molecular weight excluding hydrogens is 222 g/mol. The predicted molar refractivity (Wildman–Crippen MR) is 60.3 cm³/mol. The van der Waals surface area contributed by atoms with Gasteiger partial charge in [-0.2, -0.15) is 0 Å². The van der Waals surface area contributed by atoms with Gasteiger partial charge < -0.3 is 15.5 Å². The van der Waals surface area contributed by atoms with Crippen LogP contribution in [0.1, 0.15) is 38.5 Å². The number of hydrogen-bond acceptors (Lipinski definition) is 3. The summed E-state index contributed by atoms with van der Waals surface area (Å²) in [5, 5.41) is 21.1. The van der Waals surface area contributed by atoms with E-state index in [1.165, 1.54) is 0 Å². The highest BCUT2D eigenvalue weighted by Gasteiger charge is 2.50. The smallest absolute Gasteiger partial charge is 0.307 e. The third-order valence-electron chi connectivity index (χ3n) is 3.95. The Morgan fingerprint density at radius 1 is 1.18 bits per heavy atom. The first-order valence-corrected chi connectivity index (χ1v) is 6.24. The normalized spacial score (nSPS) is 30.6. The van der Waals surface area contributed by atoms with Crippen molar-refractivity contribution in [2.45, 2.75) is 44.1 Å². The summed E-state index contributed by atoms with van der Waals surface area (Å²) in [6, 6.07) is 0. The molecule has 2 aliphatic carbocycles. The van der Waals surface area contributed by atoms with Gasteiger partial charge in [0, 0.05) is 0 Å². The third-order valence-corrected chi connectivity index (χ3v) is 3.95. The van der Waals surface area contributed by atoms with Crippen LogP contribution in [0.3, 0.4) is 0 Å². The van der Waals surface area contributed by atoms with Crippen molar-refractivity contribution in [3.05, 3.63) is 0 Å². The van der Waals surface area contributed by atoms with Crippen molar-refractivity contribution in [3.8, 4) is 0 Å². The molecule has 2 atom stereocenters. The molecule has 0 aromatic rings. The molecule has 2 rings (SSSR count). The molecule has 0 aliphatic heterocycles. The first kappa shape index (κ1) is 12.4. The van der Waals surface area contributed by atoms with Crippen LogP contribution in [0, 0.1) is 11.8 Å². The minimum atomic E-state index is -0.896. The maximum absolute atomic E-state index is 11.9. The van der Waals surface area contributed by atoms with E-state index in [0.717, 1.165) is 32.1 Å². The first-order valence-electron chi connectivity index (χ1n) is 6.24. The summed E-state index contributed by atoms with van der Waals surface area (Å²) in [4.78, 5) is 22.6. The second-order valence-corrected chi connectivity index (χ2v) is 5.28. The Morgan fingerprint density at radius 3 is 2.29 bits per heavy atom. The lowest BCUT2D eigenvalue weighted by atomic mass is 9.82. The summed E-state index contributed by atoms with van der Waals surface area (Å²) >= 11 is 0. The summed E-state index contributed by atoms with van der Waals surface area (Å²) in [5.41, 5.74) is -0.499. The van der Waals surface area contributed by atoms with E-state index in [0.29, 0.717) is 6.42 Å². The Balaban J connectivity index is 1.91. The number of rotatable bonds is 4. The van der Waals surface area contributed by atoms with Gasteiger partial charge in [-0.1, -0.05) is 19.3 Å². The quantitative estimate of drug-likeness (QED) is 0.669. The van der Waals surface area contributed by atoms with E-state index in [1.807, 2.05) is 0 Å². The molecule has 2 unspecified atom stereocenters. The number of carboxylic acid groups (broad SMARTS) is 1. The van der Waals surface area contributed by atoms with Crippen molar-refractivity contribution in [2.75, 3.05) is 6.61 Å². The van der Waals surface area contributed by atoms with Crippen LogP contribution in [-0.2, 0) is 9.59 Å². The maximum Gasteiger partial charge on any atom is 0.307 e. The van der Waals surface area contributed by atoms with Crippen LogP contribution in [0.5, 0.6) is 0 Å². The van der Waals surface area contributed by atoms with Gasteiger partial charge >= 0.3 is 5.97 Å². The number of carbonyl (C=O) groups is 2. The molecule has 5 heteroatoms. The van der Waals surface area contributed by atoms with Crippen LogP contribution in [-0.4, -0.2) is 34.2 Å². The number of hydrogen-bond donors (Lipinski definition) is 3. The average molecular weight is 241 g/mol. The number of carbonyl (C=O) groups excluding carboxylic acids is 1. The van der Waals surface area contributed by atoms with Gasteiger partial charge in [-0.15, -0.1) is 0 Å². The van der Waals surface area contributed by atoms with Crippen molar-refractivity contribution in [1.29, 1.82) is 0 Å². The molecule has 0 bridgehead atoms. The molecule has 17 heavy (non-hydrogen) atoms. The van der Waals surface area contributed by atoms with Crippen molar-refractivity contribution in [1.82, 2.24) is 5.32 Å². The lowest BCUT2D eigenvalue weighted by Gasteiger charge is -2.36. The molecule has 0 aromatic carbocycles. The molecule has 1 amide bonds. The Hall–Kier alpha value is -1.10. The Bertz CT molecular complexity index is 322. The van der Waals surface area contributed by atoms with Crippen LogP contribution in [0.15, 0.2) is 0 Å². The lowest BCUT2D eigenvalue weighted by Crippen LogP contribution is -2.53. The number of aliphatic hydroxyl groups is 1. The summed E-state index contributed by atoms with van der Waals surface area (Å²) in [7, 11) is 0. The van der Waals surface area contributed by atoms with E-state index < -0.39 is 23.3 Å². The van der Waals surface area contributed by atoms with Gasteiger partial charge in [-0.25, -0.2) is 0 Å². The fourth-order valence-corrected chi connectivity index (χ4v) is 2.66. The van der Waals surface area contributed by atoms with Crippen molar-refractivity contribution >= 4 is 11.9 Å². The van der Waals surface area contributed by atoms with E-state index >= 15 is 0 Å². The Morgan fingerprint density at radius 2 is 1.82 bits per heavy atom. The van der Waals surface area contributed by atoms with Gasteiger partial charge in [-0.05, 0) is 19.3 Å². The summed E-state index contributed by atoms with van der Waals surface area (Å²) in [6.45, 7) is -0.0524. The second-order valence-electron chi connectivity index (χ2n) is 5.28. The van der Waals surface area contributed by atoms with Crippen molar-refractivity contribution in [2.24, 2.45) is 11.8 Å². The number of aliphatic hydroxyl groups excluding tert-OH is 1. The monoisotopic (exact) mass is 241 g/mol. The largest absolute Gasteiger partial charge is 0.481 e. The van der Waals surface area contributed by atoms with E-state index in [-0.39, 0.29) is 12.5 Å². The summed E-state index contributed by atoms with van der Waals surface area (Å²) < 4.78 is 0. The fourth-order valence-electron chi connectivity index (χ4n) is 2.66. The second kappa shape index (κ2) is 4.64. The van der Waals surface area contributed by atoms with Crippen LogP contribution in [0.25, 0.3) is 0 Å².